The molecule has 1 fully saturated rings. The molecule has 0 N–H and O–H groups in total. The van der Waals surface area contributed by atoms with Gasteiger partial charge >= 0.3 is 0 Å². The molecule has 1 saturated heterocycles. The molecule has 3 heterocycles. The van der Waals surface area contributed by atoms with Crippen LogP contribution >= 0.6 is 11.8 Å². The zero-order valence-electron chi connectivity index (χ0n) is 17.1. The quantitative estimate of drug-likeness (QED) is 0.524. The van der Waals surface area contributed by atoms with Crippen molar-refractivity contribution < 1.29 is 23.8 Å². The average molecular weight is 450 g/mol. The maximum Gasteiger partial charge on any atom is 0.247 e. The number of anilines is 1. The molecule has 32 heavy (non-hydrogen) atoms. The highest BCUT2D eigenvalue weighted by Gasteiger charge is 2.40. The lowest BCUT2D eigenvalue weighted by Crippen LogP contribution is -2.31. The molecular weight excluding hydrogens is 432 g/mol. The molecule has 1 atom stereocenters. The van der Waals surface area contributed by atoms with Crippen molar-refractivity contribution in [3.8, 4) is 28.5 Å². The Morgan fingerprint density at radius 1 is 1.12 bits per heavy atom. The van der Waals surface area contributed by atoms with Gasteiger partial charge in [-0.15, -0.1) is 5.10 Å². The van der Waals surface area contributed by atoms with Crippen molar-refractivity contribution in [3.05, 3.63) is 48.7 Å². The molecule has 2 aliphatic heterocycles. The van der Waals surface area contributed by atoms with Crippen LogP contribution in [0.15, 0.2) is 53.8 Å². The summed E-state index contributed by atoms with van der Waals surface area (Å²) in [6.45, 7) is 2.62. The molecule has 5 rings (SSSR count). The lowest BCUT2D eigenvalue weighted by molar-refractivity contribution is -0.121. The molecule has 10 heteroatoms. The molecule has 1 aromatic heterocycles. The van der Waals surface area contributed by atoms with Crippen molar-refractivity contribution in [2.45, 2.75) is 23.8 Å². The van der Waals surface area contributed by atoms with E-state index in [4.69, 9.17) is 14.2 Å². The standard InChI is InChI=1S/C22H18N4O5S/c1-2-29-15-6-4-14(5-7-15)26-20(27)10-19(21(26)28)32-22-24-16(11-23-25-22)13-3-8-17-18(9-13)31-12-30-17/h3-9,11,19H,2,10,12H2,1H3. The van der Waals surface area contributed by atoms with Crippen LogP contribution in [-0.4, -0.2) is 45.6 Å². The van der Waals surface area contributed by atoms with E-state index in [-0.39, 0.29) is 25.0 Å². The number of aromatic nitrogens is 3. The van der Waals surface area contributed by atoms with Crippen LogP contribution in [0.25, 0.3) is 11.3 Å². The Morgan fingerprint density at radius 2 is 1.94 bits per heavy atom. The number of thioether (sulfide) groups is 1. The van der Waals surface area contributed by atoms with Gasteiger partial charge in [0.2, 0.25) is 23.8 Å². The van der Waals surface area contributed by atoms with Crippen LogP contribution in [0, 0.1) is 0 Å². The number of benzene rings is 2. The van der Waals surface area contributed by atoms with Crippen LogP contribution in [0.5, 0.6) is 17.2 Å². The number of carbonyl (C=O) groups excluding carboxylic acids is 2. The molecule has 3 aromatic rings. The predicted molar refractivity (Wildman–Crippen MR) is 116 cm³/mol. The molecule has 0 aliphatic carbocycles. The van der Waals surface area contributed by atoms with Gasteiger partial charge in [0.15, 0.2) is 11.5 Å². The van der Waals surface area contributed by atoms with Gasteiger partial charge in [-0.25, -0.2) is 9.88 Å². The minimum Gasteiger partial charge on any atom is -0.494 e. The highest BCUT2D eigenvalue weighted by molar-refractivity contribution is 8.00. The van der Waals surface area contributed by atoms with Gasteiger partial charge in [0.05, 0.1) is 24.2 Å². The highest BCUT2D eigenvalue weighted by Crippen LogP contribution is 2.36. The Kier molecular flexibility index (Phi) is 5.36. The summed E-state index contributed by atoms with van der Waals surface area (Å²) in [5, 5.41) is 7.75. The molecule has 9 nitrogen and oxygen atoms in total. The number of imide groups is 1. The van der Waals surface area contributed by atoms with Crippen LogP contribution in [-0.2, 0) is 9.59 Å². The van der Waals surface area contributed by atoms with Crippen LogP contribution in [0.2, 0.25) is 0 Å². The topological polar surface area (TPSA) is 104 Å². The van der Waals surface area contributed by atoms with E-state index in [1.807, 2.05) is 19.1 Å². The fourth-order valence-corrected chi connectivity index (χ4v) is 4.42. The van der Waals surface area contributed by atoms with Crippen molar-refractivity contribution in [3.63, 3.8) is 0 Å². The Bertz CT molecular complexity index is 1190. The van der Waals surface area contributed by atoms with Crippen LogP contribution in [0.1, 0.15) is 13.3 Å². The zero-order valence-corrected chi connectivity index (χ0v) is 17.9. The van der Waals surface area contributed by atoms with E-state index < -0.39 is 5.25 Å². The zero-order chi connectivity index (χ0) is 22.1. The second-order valence-corrected chi connectivity index (χ2v) is 8.17. The molecule has 2 amide bonds. The summed E-state index contributed by atoms with van der Waals surface area (Å²) in [5.74, 6) is 1.42. The normalized spacial score (nSPS) is 17.2. The number of nitrogens with zero attached hydrogens (tertiary/aromatic N) is 4. The maximum absolute atomic E-state index is 13.0. The van der Waals surface area contributed by atoms with Gasteiger partial charge in [-0.1, -0.05) is 11.8 Å². The second-order valence-electron chi connectivity index (χ2n) is 7.00. The number of carbonyl (C=O) groups is 2. The van der Waals surface area contributed by atoms with Crippen molar-refractivity contribution in [2.75, 3.05) is 18.3 Å². The Morgan fingerprint density at radius 3 is 2.75 bits per heavy atom. The number of amides is 2. The molecule has 0 spiro atoms. The van der Waals surface area contributed by atoms with E-state index in [0.29, 0.717) is 40.4 Å². The Balaban J connectivity index is 1.33. The number of hydrogen-bond donors (Lipinski definition) is 0. The number of hydrogen-bond acceptors (Lipinski definition) is 9. The van der Waals surface area contributed by atoms with Crippen molar-refractivity contribution in [1.29, 1.82) is 0 Å². The van der Waals surface area contributed by atoms with Crippen LogP contribution in [0.3, 0.4) is 0 Å². The third-order valence-electron chi connectivity index (χ3n) is 4.97. The summed E-state index contributed by atoms with van der Waals surface area (Å²) < 4.78 is 16.2. The molecule has 0 bridgehead atoms. The van der Waals surface area contributed by atoms with Crippen LogP contribution in [0.4, 0.5) is 5.69 Å². The van der Waals surface area contributed by atoms with Crippen molar-refractivity contribution in [1.82, 2.24) is 15.2 Å². The summed E-state index contributed by atoms with van der Waals surface area (Å²) >= 11 is 1.13. The second kappa shape index (κ2) is 8.46. The first-order valence-corrected chi connectivity index (χ1v) is 10.9. The van der Waals surface area contributed by atoms with Gasteiger partial charge in [0.1, 0.15) is 11.0 Å². The Labute approximate surface area is 187 Å². The van der Waals surface area contributed by atoms with Crippen LogP contribution < -0.4 is 19.1 Å². The molecule has 2 aliphatic rings. The summed E-state index contributed by atoms with van der Waals surface area (Å²) in [7, 11) is 0. The largest absolute Gasteiger partial charge is 0.494 e. The molecule has 2 aromatic carbocycles. The van der Waals surface area contributed by atoms with Crippen molar-refractivity contribution >= 4 is 29.3 Å². The fraction of sp³-hybridized carbons (Fsp3) is 0.227. The van der Waals surface area contributed by atoms with E-state index in [0.717, 1.165) is 17.3 Å². The summed E-state index contributed by atoms with van der Waals surface area (Å²) in [4.78, 5) is 31.2. The first-order valence-electron chi connectivity index (χ1n) is 9.98. The van der Waals surface area contributed by atoms with Crippen molar-refractivity contribution in [2.24, 2.45) is 0 Å². The van der Waals surface area contributed by atoms with E-state index in [1.54, 1.807) is 30.3 Å². The van der Waals surface area contributed by atoms with Gasteiger partial charge in [-0.2, -0.15) is 5.10 Å². The lowest BCUT2D eigenvalue weighted by Gasteiger charge is -2.15. The highest BCUT2D eigenvalue weighted by atomic mass is 32.2. The summed E-state index contributed by atoms with van der Waals surface area (Å²) in [5.41, 5.74) is 1.89. The van der Waals surface area contributed by atoms with E-state index >= 15 is 0 Å². The SMILES string of the molecule is CCOc1ccc(N2C(=O)CC(Sc3nncc(-c4ccc5c(c4)OCO5)n3)C2=O)cc1. The number of fused-ring (bicyclic) bond motifs is 1. The molecular formula is C22H18N4O5S. The first-order chi connectivity index (χ1) is 15.6. The Hall–Kier alpha value is -3.66. The van der Waals surface area contributed by atoms with Gasteiger partial charge in [0.25, 0.3) is 0 Å². The lowest BCUT2D eigenvalue weighted by atomic mass is 10.1. The first kappa shape index (κ1) is 20.3. The summed E-state index contributed by atoms with van der Waals surface area (Å²) in [6, 6.07) is 12.4. The molecule has 1 unspecified atom stereocenters. The monoisotopic (exact) mass is 450 g/mol. The third kappa shape index (κ3) is 3.84. The summed E-state index contributed by atoms with van der Waals surface area (Å²) in [6.07, 6.45) is 1.60. The van der Waals surface area contributed by atoms with Gasteiger partial charge in [-0.3, -0.25) is 9.59 Å². The van der Waals surface area contributed by atoms with E-state index in [9.17, 15) is 9.59 Å². The van der Waals surface area contributed by atoms with Gasteiger partial charge in [0, 0.05) is 12.0 Å². The smallest absolute Gasteiger partial charge is 0.247 e. The number of rotatable bonds is 6. The van der Waals surface area contributed by atoms with E-state index in [2.05, 4.69) is 15.2 Å². The van der Waals surface area contributed by atoms with Gasteiger partial charge in [-0.05, 0) is 49.4 Å². The molecule has 162 valence electrons. The molecule has 0 radical (unpaired) electrons. The average Bonchev–Trinajstić information content (AvgIpc) is 3.38. The minimum absolute atomic E-state index is 0.0638. The molecule has 0 saturated carbocycles. The predicted octanol–water partition coefficient (Wildman–Crippen LogP) is 3.09. The minimum atomic E-state index is -0.622. The maximum atomic E-state index is 13.0. The fourth-order valence-electron chi connectivity index (χ4n) is 3.48. The number of ether oxygens (including phenoxy) is 3. The third-order valence-corrected chi connectivity index (χ3v) is 6.00. The van der Waals surface area contributed by atoms with Gasteiger partial charge < -0.3 is 14.2 Å². The van der Waals surface area contributed by atoms with E-state index in [1.165, 1.54) is 11.1 Å².